The van der Waals surface area contributed by atoms with E-state index in [1.807, 2.05) is 6.92 Å². The Morgan fingerprint density at radius 1 is 1.89 bits per heavy atom. The third-order valence-electron chi connectivity index (χ3n) is 1.51. The van der Waals surface area contributed by atoms with Crippen molar-refractivity contribution in [2.75, 3.05) is 6.61 Å². The summed E-state index contributed by atoms with van der Waals surface area (Å²) in [5.74, 6) is 0. The highest BCUT2D eigenvalue weighted by molar-refractivity contribution is 4.78. The maximum atomic E-state index is 8.01. The molecule has 1 rings (SSSR count). The Kier molecular flexibility index (Phi) is 1.92. The minimum atomic E-state index is 0.00347. The van der Waals surface area contributed by atoms with Crippen LogP contribution in [0, 0.1) is 0 Å². The van der Waals surface area contributed by atoms with Gasteiger partial charge in [0.1, 0.15) is 0 Å². The summed E-state index contributed by atoms with van der Waals surface area (Å²) in [6, 6.07) is 0.00347. The molecule has 1 heterocycles. The summed E-state index contributed by atoms with van der Waals surface area (Å²) in [7, 11) is 0. The van der Waals surface area contributed by atoms with E-state index in [1.54, 1.807) is 0 Å². The van der Waals surface area contributed by atoms with E-state index in [4.69, 9.17) is 10.3 Å². The number of rotatable bonds is 2. The number of hydrogen-bond donors (Lipinski definition) is 0. The van der Waals surface area contributed by atoms with Gasteiger partial charge in [-0.1, -0.05) is 12.0 Å². The second-order valence-corrected chi connectivity index (χ2v) is 2.14. The van der Waals surface area contributed by atoms with Crippen molar-refractivity contribution in [1.29, 1.82) is 0 Å². The van der Waals surface area contributed by atoms with E-state index >= 15 is 0 Å². The van der Waals surface area contributed by atoms with Gasteiger partial charge in [0, 0.05) is 11.5 Å². The van der Waals surface area contributed by atoms with Crippen molar-refractivity contribution in [3.05, 3.63) is 10.4 Å². The molecule has 0 N–H and O–H groups in total. The normalized spacial score (nSPS) is 27.9. The smallest absolute Gasteiger partial charge is 0.0679 e. The minimum absolute atomic E-state index is 0.00347. The second-order valence-electron chi connectivity index (χ2n) is 2.14. The molecule has 50 valence electrons. The quantitative estimate of drug-likeness (QED) is 0.315. The fourth-order valence-corrected chi connectivity index (χ4v) is 0.790. The molecular formula is C5H9N3O. The van der Waals surface area contributed by atoms with Crippen molar-refractivity contribution >= 4 is 0 Å². The van der Waals surface area contributed by atoms with E-state index in [1.165, 1.54) is 0 Å². The zero-order chi connectivity index (χ0) is 6.69. The standard InChI is InChI=1S/C5H9N3O/c1-4(7-8-6)5-2-3-9-5/h4-5H,2-3H2,1H3. The predicted molar refractivity (Wildman–Crippen MR) is 33.0 cm³/mol. The van der Waals surface area contributed by atoms with Gasteiger partial charge in [-0.15, -0.1) is 0 Å². The average Bonchev–Trinajstić information content (AvgIpc) is 1.60. The van der Waals surface area contributed by atoms with E-state index < -0.39 is 0 Å². The third kappa shape index (κ3) is 1.34. The van der Waals surface area contributed by atoms with Gasteiger partial charge >= 0.3 is 0 Å². The van der Waals surface area contributed by atoms with E-state index in [0.717, 1.165) is 13.0 Å². The second kappa shape index (κ2) is 2.71. The zero-order valence-electron chi connectivity index (χ0n) is 5.32. The maximum absolute atomic E-state index is 8.01. The van der Waals surface area contributed by atoms with Gasteiger partial charge in [-0.3, -0.25) is 0 Å². The van der Waals surface area contributed by atoms with Crippen molar-refractivity contribution in [3.8, 4) is 0 Å². The first-order valence-electron chi connectivity index (χ1n) is 3.00. The Labute approximate surface area is 53.4 Å². The van der Waals surface area contributed by atoms with Gasteiger partial charge in [-0.05, 0) is 12.0 Å². The molecule has 1 saturated heterocycles. The molecule has 1 fully saturated rings. The lowest BCUT2D eigenvalue weighted by atomic mass is 10.1. The maximum Gasteiger partial charge on any atom is 0.0679 e. The molecule has 2 atom stereocenters. The monoisotopic (exact) mass is 127 g/mol. The molecule has 0 aromatic carbocycles. The fourth-order valence-electron chi connectivity index (χ4n) is 0.790. The van der Waals surface area contributed by atoms with Crippen LogP contribution in [0.15, 0.2) is 5.11 Å². The molecule has 0 aromatic heterocycles. The Hall–Kier alpha value is -0.730. The van der Waals surface area contributed by atoms with Crippen molar-refractivity contribution in [2.24, 2.45) is 5.11 Å². The first-order chi connectivity index (χ1) is 4.34. The summed E-state index contributed by atoms with van der Waals surface area (Å²) in [6.07, 6.45) is 1.21. The molecule has 2 unspecified atom stereocenters. The predicted octanol–water partition coefficient (Wildman–Crippen LogP) is 1.47. The zero-order valence-corrected chi connectivity index (χ0v) is 5.32. The van der Waals surface area contributed by atoms with Gasteiger partial charge in [-0.2, -0.15) is 0 Å². The van der Waals surface area contributed by atoms with Crippen molar-refractivity contribution in [2.45, 2.75) is 25.5 Å². The Morgan fingerprint density at radius 2 is 2.56 bits per heavy atom. The molecule has 0 amide bonds. The lowest BCUT2D eigenvalue weighted by molar-refractivity contribution is -0.0609. The summed E-state index contributed by atoms with van der Waals surface area (Å²) in [6.45, 7) is 2.68. The molecule has 0 saturated carbocycles. The number of nitrogens with zero attached hydrogens (tertiary/aromatic N) is 3. The van der Waals surface area contributed by atoms with Crippen LogP contribution >= 0.6 is 0 Å². The average molecular weight is 127 g/mol. The molecule has 0 aromatic rings. The Balaban J connectivity index is 2.31. The van der Waals surface area contributed by atoms with Crippen LogP contribution in [0.4, 0.5) is 0 Å². The number of ether oxygens (including phenoxy) is 1. The van der Waals surface area contributed by atoms with E-state index in [9.17, 15) is 0 Å². The van der Waals surface area contributed by atoms with Crippen LogP contribution in [0.25, 0.3) is 10.4 Å². The van der Waals surface area contributed by atoms with Crippen molar-refractivity contribution in [3.63, 3.8) is 0 Å². The first kappa shape index (κ1) is 6.39. The molecule has 0 radical (unpaired) electrons. The van der Waals surface area contributed by atoms with Crippen molar-refractivity contribution < 1.29 is 4.74 Å². The van der Waals surface area contributed by atoms with Gasteiger partial charge in [0.25, 0.3) is 0 Å². The molecule has 4 heteroatoms. The largest absolute Gasteiger partial charge is 0.378 e. The van der Waals surface area contributed by atoms with Crippen LogP contribution in [0.2, 0.25) is 0 Å². The molecular weight excluding hydrogens is 118 g/mol. The highest BCUT2D eigenvalue weighted by Gasteiger charge is 2.23. The number of azide groups is 1. The molecule has 1 aliphatic rings. The highest BCUT2D eigenvalue weighted by Crippen LogP contribution is 2.16. The molecule has 9 heavy (non-hydrogen) atoms. The van der Waals surface area contributed by atoms with Crippen LogP contribution in [-0.2, 0) is 4.74 Å². The summed E-state index contributed by atoms with van der Waals surface area (Å²) >= 11 is 0. The minimum Gasteiger partial charge on any atom is -0.378 e. The summed E-state index contributed by atoms with van der Waals surface area (Å²) in [5, 5.41) is 3.50. The first-order valence-corrected chi connectivity index (χ1v) is 3.00. The van der Waals surface area contributed by atoms with Crippen LogP contribution < -0.4 is 0 Å². The van der Waals surface area contributed by atoms with E-state index in [0.29, 0.717) is 0 Å². The van der Waals surface area contributed by atoms with Crippen LogP contribution in [0.1, 0.15) is 13.3 Å². The van der Waals surface area contributed by atoms with E-state index in [-0.39, 0.29) is 12.1 Å². The summed E-state index contributed by atoms with van der Waals surface area (Å²) in [5.41, 5.74) is 8.01. The topological polar surface area (TPSA) is 58.0 Å². The van der Waals surface area contributed by atoms with Crippen molar-refractivity contribution in [1.82, 2.24) is 0 Å². The lowest BCUT2D eigenvalue weighted by Gasteiger charge is -2.29. The number of hydrogen-bond acceptors (Lipinski definition) is 2. The lowest BCUT2D eigenvalue weighted by Crippen LogP contribution is -2.35. The van der Waals surface area contributed by atoms with Gasteiger partial charge in [-0.25, -0.2) is 0 Å². The molecule has 1 aliphatic heterocycles. The van der Waals surface area contributed by atoms with Crippen LogP contribution in [0.5, 0.6) is 0 Å². The molecule has 0 aliphatic carbocycles. The Morgan fingerprint density at radius 3 is 2.89 bits per heavy atom. The molecule has 4 nitrogen and oxygen atoms in total. The van der Waals surface area contributed by atoms with E-state index in [2.05, 4.69) is 10.0 Å². The van der Waals surface area contributed by atoms with Gasteiger partial charge in [0.15, 0.2) is 0 Å². The fraction of sp³-hybridized carbons (Fsp3) is 1.00. The third-order valence-corrected chi connectivity index (χ3v) is 1.51. The highest BCUT2D eigenvalue weighted by atomic mass is 16.5. The Bertz CT molecular complexity index is 137. The summed E-state index contributed by atoms with van der Waals surface area (Å²) < 4.78 is 5.08. The van der Waals surface area contributed by atoms with Gasteiger partial charge in [0.05, 0.1) is 12.1 Å². The van der Waals surface area contributed by atoms with Gasteiger partial charge < -0.3 is 4.74 Å². The van der Waals surface area contributed by atoms with Crippen LogP contribution in [-0.4, -0.2) is 18.8 Å². The van der Waals surface area contributed by atoms with Crippen LogP contribution in [0.3, 0.4) is 0 Å². The molecule has 0 spiro atoms. The SMILES string of the molecule is CC(N=[N+]=[N-])C1CCO1. The summed E-state index contributed by atoms with van der Waals surface area (Å²) in [4.78, 5) is 2.68. The van der Waals surface area contributed by atoms with Gasteiger partial charge in [0.2, 0.25) is 0 Å². The molecule has 0 bridgehead atoms.